The summed E-state index contributed by atoms with van der Waals surface area (Å²) < 4.78 is 56.3. The standard InChI is InChI=1S/C28H32F2NO4P/c1-27(2,3)28(29,30)36(33,35-24-17-11-6-12-18-24)31-25(20-19-22-13-7-4-8-14-22)26(32)34-21-23-15-9-5-10-16-23/h4-18,25H,19-21H2,1-3H3,(H,31,33)/t25-,36?/m0/s1. The van der Waals surface area contributed by atoms with Crippen molar-refractivity contribution < 1.29 is 27.4 Å². The highest BCUT2D eigenvalue weighted by atomic mass is 31.2. The molecule has 0 amide bonds. The average Bonchev–Trinajstić information content (AvgIpc) is 2.86. The van der Waals surface area contributed by atoms with Crippen molar-refractivity contribution in [1.29, 1.82) is 0 Å². The smallest absolute Gasteiger partial charge is 0.386 e. The minimum Gasteiger partial charge on any atom is -0.460 e. The lowest BCUT2D eigenvalue weighted by Crippen LogP contribution is -2.46. The Morgan fingerprint density at radius 2 is 1.36 bits per heavy atom. The van der Waals surface area contributed by atoms with Crippen molar-refractivity contribution in [2.75, 3.05) is 0 Å². The molecule has 0 aromatic heterocycles. The molecule has 3 aromatic rings. The van der Waals surface area contributed by atoms with Crippen LogP contribution in [0.2, 0.25) is 0 Å². The largest absolute Gasteiger partial charge is 0.460 e. The summed E-state index contributed by atoms with van der Waals surface area (Å²) in [5, 5.41) is 2.44. The lowest BCUT2D eigenvalue weighted by Gasteiger charge is -2.37. The Bertz CT molecular complexity index is 1150. The van der Waals surface area contributed by atoms with E-state index in [0.29, 0.717) is 6.42 Å². The van der Waals surface area contributed by atoms with Crippen LogP contribution in [0.3, 0.4) is 0 Å². The summed E-state index contributed by atoms with van der Waals surface area (Å²) in [6.07, 6.45) is 0.464. The van der Waals surface area contributed by atoms with E-state index in [1.165, 1.54) is 32.9 Å². The Labute approximate surface area is 211 Å². The first kappa shape index (κ1) is 27.6. The molecule has 0 saturated heterocycles. The average molecular weight is 516 g/mol. The first-order valence-electron chi connectivity index (χ1n) is 11.8. The number of esters is 1. The molecular formula is C28H32F2NO4P. The summed E-state index contributed by atoms with van der Waals surface area (Å²) in [7, 11) is -4.98. The molecule has 0 aliphatic heterocycles. The Balaban J connectivity index is 1.90. The fourth-order valence-electron chi connectivity index (χ4n) is 3.46. The van der Waals surface area contributed by atoms with Crippen molar-refractivity contribution in [3.05, 3.63) is 102 Å². The summed E-state index contributed by atoms with van der Waals surface area (Å²) in [6, 6.07) is 24.8. The van der Waals surface area contributed by atoms with Gasteiger partial charge >= 0.3 is 19.2 Å². The number of hydrogen-bond acceptors (Lipinski definition) is 4. The number of carbonyl (C=O) groups is 1. The third kappa shape index (κ3) is 7.02. The van der Waals surface area contributed by atoms with Crippen LogP contribution in [0.15, 0.2) is 91.0 Å². The lowest BCUT2D eigenvalue weighted by atomic mass is 9.97. The zero-order valence-corrected chi connectivity index (χ0v) is 21.6. The maximum atomic E-state index is 15.7. The molecule has 3 aromatic carbocycles. The van der Waals surface area contributed by atoms with Crippen LogP contribution in [0.25, 0.3) is 0 Å². The molecule has 0 aliphatic carbocycles. The predicted octanol–water partition coefficient (Wildman–Crippen LogP) is 7.23. The van der Waals surface area contributed by atoms with Crippen LogP contribution in [0.4, 0.5) is 8.78 Å². The SMILES string of the molecule is CC(C)(C)C(F)(F)P(=O)(N[C@@H](CCc1ccccc1)C(=O)OCc1ccccc1)Oc1ccccc1. The molecule has 1 N–H and O–H groups in total. The van der Waals surface area contributed by atoms with Crippen molar-refractivity contribution in [2.45, 2.75) is 51.9 Å². The molecular weight excluding hydrogens is 483 g/mol. The lowest BCUT2D eigenvalue weighted by molar-refractivity contribution is -0.147. The summed E-state index contributed by atoms with van der Waals surface area (Å²) in [5.74, 6) is -0.770. The number of alkyl halides is 2. The van der Waals surface area contributed by atoms with Gasteiger partial charge in [-0.05, 0) is 36.1 Å². The fourth-order valence-corrected chi connectivity index (χ4v) is 5.74. The summed E-state index contributed by atoms with van der Waals surface area (Å²) in [5.41, 5.74) is -3.87. The molecule has 0 radical (unpaired) electrons. The monoisotopic (exact) mass is 515 g/mol. The van der Waals surface area contributed by atoms with Crippen molar-refractivity contribution in [2.24, 2.45) is 5.41 Å². The van der Waals surface area contributed by atoms with Crippen LogP contribution in [-0.2, 0) is 27.1 Å². The van der Waals surface area contributed by atoms with E-state index in [4.69, 9.17) is 9.26 Å². The van der Waals surface area contributed by atoms with Crippen LogP contribution < -0.4 is 9.61 Å². The molecule has 0 saturated carbocycles. The molecule has 1 unspecified atom stereocenters. The molecule has 0 bridgehead atoms. The molecule has 0 fully saturated rings. The van der Waals surface area contributed by atoms with E-state index < -0.39 is 30.6 Å². The topological polar surface area (TPSA) is 64.6 Å². The van der Waals surface area contributed by atoms with Gasteiger partial charge in [-0.15, -0.1) is 0 Å². The molecule has 0 heterocycles. The van der Waals surface area contributed by atoms with Gasteiger partial charge in [0.1, 0.15) is 18.4 Å². The number of para-hydroxylation sites is 1. The number of aryl methyl sites for hydroxylation is 1. The predicted molar refractivity (Wildman–Crippen MR) is 137 cm³/mol. The second-order valence-corrected chi connectivity index (χ2v) is 11.7. The van der Waals surface area contributed by atoms with Crippen LogP contribution in [0.5, 0.6) is 5.75 Å². The molecule has 2 atom stereocenters. The number of hydrogen-bond donors (Lipinski definition) is 1. The van der Waals surface area contributed by atoms with Gasteiger partial charge in [-0.2, -0.15) is 8.78 Å². The summed E-state index contributed by atoms with van der Waals surface area (Å²) in [6.45, 7) is 3.80. The molecule has 0 aliphatic rings. The summed E-state index contributed by atoms with van der Waals surface area (Å²) >= 11 is 0. The van der Waals surface area contributed by atoms with Gasteiger partial charge in [-0.25, -0.2) is 5.09 Å². The van der Waals surface area contributed by atoms with Gasteiger partial charge < -0.3 is 9.26 Å². The zero-order chi connectivity index (χ0) is 26.2. The van der Waals surface area contributed by atoms with Crippen molar-refractivity contribution in [3.63, 3.8) is 0 Å². The van der Waals surface area contributed by atoms with Crippen LogP contribution in [0, 0.1) is 5.41 Å². The van der Waals surface area contributed by atoms with Gasteiger partial charge in [0.25, 0.3) is 0 Å². The number of benzene rings is 3. The number of nitrogens with one attached hydrogen (secondary N) is 1. The number of rotatable bonds is 11. The number of ether oxygens (including phenoxy) is 1. The first-order valence-corrected chi connectivity index (χ1v) is 13.4. The second kappa shape index (κ2) is 11.8. The number of halogens is 2. The van der Waals surface area contributed by atoms with Crippen molar-refractivity contribution in [3.8, 4) is 5.75 Å². The molecule has 5 nitrogen and oxygen atoms in total. The first-order chi connectivity index (χ1) is 17.0. The van der Waals surface area contributed by atoms with E-state index in [2.05, 4.69) is 5.09 Å². The van der Waals surface area contributed by atoms with Gasteiger partial charge in [-0.3, -0.25) is 9.36 Å². The highest BCUT2D eigenvalue weighted by Gasteiger charge is 2.62. The van der Waals surface area contributed by atoms with Crippen LogP contribution in [-0.4, -0.2) is 17.7 Å². The van der Waals surface area contributed by atoms with Gasteiger partial charge in [0.05, 0.1) is 0 Å². The van der Waals surface area contributed by atoms with E-state index in [9.17, 15) is 9.36 Å². The van der Waals surface area contributed by atoms with E-state index >= 15 is 8.78 Å². The minimum atomic E-state index is -4.98. The van der Waals surface area contributed by atoms with E-state index in [1.807, 2.05) is 36.4 Å². The van der Waals surface area contributed by atoms with Gasteiger partial charge in [-0.1, -0.05) is 99.6 Å². The molecule has 192 valence electrons. The Hall–Kier alpha value is -3.02. The van der Waals surface area contributed by atoms with E-state index in [0.717, 1.165) is 11.1 Å². The van der Waals surface area contributed by atoms with Gasteiger partial charge in [0, 0.05) is 5.41 Å². The van der Waals surface area contributed by atoms with Crippen LogP contribution >= 0.6 is 7.52 Å². The van der Waals surface area contributed by atoms with Crippen molar-refractivity contribution >= 4 is 13.5 Å². The third-order valence-corrected chi connectivity index (χ3v) is 8.18. The third-order valence-electron chi connectivity index (χ3n) is 5.65. The summed E-state index contributed by atoms with van der Waals surface area (Å²) in [4.78, 5) is 13.1. The van der Waals surface area contributed by atoms with Gasteiger partial charge in [0.15, 0.2) is 0 Å². The van der Waals surface area contributed by atoms with Gasteiger partial charge in [0.2, 0.25) is 0 Å². The molecule has 3 rings (SSSR count). The minimum absolute atomic E-state index is 0.0109. The second-order valence-electron chi connectivity index (χ2n) is 9.55. The normalized spacial score (nSPS) is 14.5. The highest BCUT2D eigenvalue weighted by molar-refractivity contribution is 7.58. The van der Waals surface area contributed by atoms with E-state index in [1.54, 1.807) is 42.5 Å². The number of carbonyl (C=O) groups excluding carboxylic acids is 1. The van der Waals surface area contributed by atoms with Crippen LogP contribution in [0.1, 0.15) is 38.3 Å². The Morgan fingerprint density at radius 3 is 1.89 bits per heavy atom. The Morgan fingerprint density at radius 1 is 0.861 bits per heavy atom. The maximum absolute atomic E-state index is 15.7. The van der Waals surface area contributed by atoms with Crippen molar-refractivity contribution in [1.82, 2.24) is 5.09 Å². The quantitative estimate of drug-likeness (QED) is 0.216. The van der Waals surface area contributed by atoms with E-state index in [-0.39, 0.29) is 18.8 Å². The fraction of sp³-hybridized carbons (Fsp3) is 0.321. The highest BCUT2D eigenvalue weighted by Crippen LogP contribution is 2.64. The maximum Gasteiger partial charge on any atom is 0.386 e. The molecule has 0 spiro atoms. The molecule has 36 heavy (non-hydrogen) atoms. The molecule has 8 heteroatoms. The zero-order valence-electron chi connectivity index (χ0n) is 20.7. The Kier molecular flexibility index (Phi) is 9.04.